The van der Waals surface area contributed by atoms with Crippen molar-refractivity contribution >= 4 is 46.4 Å². The molecule has 4 N–H and O–H groups in total. The van der Waals surface area contributed by atoms with Crippen LogP contribution in [0.5, 0.6) is 17.2 Å². The number of nitrogen functional groups attached to an aromatic ring is 1. The van der Waals surface area contributed by atoms with Crippen molar-refractivity contribution < 1.29 is 38.2 Å². The molecule has 1 aromatic heterocycles. The van der Waals surface area contributed by atoms with Gasteiger partial charge in [-0.1, -0.05) is 31.7 Å². The van der Waals surface area contributed by atoms with Gasteiger partial charge in [0.2, 0.25) is 17.8 Å². The van der Waals surface area contributed by atoms with Gasteiger partial charge in [0.1, 0.15) is 11.8 Å². The van der Waals surface area contributed by atoms with Gasteiger partial charge in [-0.05, 0) is 76.2 Å². The maximum absolute atomic E-state index is 13.2. The molecular formula is C39H49N7O8. The normalized spacial score (nSPS) is 17.2. The first-order valence-corrected chi connectivity index (χ1v) is 19.0. The van der Waals surface area contributed by atoms with Gasteiger partial charge in [-0.2, -0.15) is 0 Å². The van der Waals surface area contributed by atoms with E-state index < -0.39 is 29.7 Å². The number of hydrogen-bond donors (Lipinski definition) is 3. The van der Waals surface area contributed by atoms with E-state index >= 15 is 0 Å². The number of nitrogens with one attached hydrogen (secondary N) is 2. The highest BCUT2D eigenvalue weighted by molar-refractivity contribution is 6.24. The zero-order chi connectivity index (χ0) is 38.0. The van der Waals surface area contributed by atoms with Crippen molar-refractivity contribution in [3.63, 3.8) is 0 Å². The average Bonchev–Trinajstić information content (AvgIpc) is 3.77. The molecule has 2 saturated heterocycles. The van der Waals surface area contributed by atoms with Crippen molar-refractivity contribution in [1.29, 1.82) is 0 Å². The minimum atomic E-state index is -1.08. The monoisotopic (exact) mass is 743 g/mol. The molecule has 288 valence electrons. The first-order valence-electron chi connectivity index (χ1n) is 19.0. The third kappa shape index (κ3) is 9.24. The molecule has 3 aromatic rings. The molecule has 15 heteroatoms. The Labute approximate surface area is 314 Å². The average molecular weight is 744 g/mol. The van der Waals surface area contributed by atoms with E-state index in [1.807, 2.05) is 12.1 Å². The molecule has 0 radical (unpaired) electrons. The van der Waals surface area contributed by atoms with Crippen LogP contribution in [-0.4, -0.2) is 102 Å². The van der Waals surface area contributed by atoms with E-state index in [9.17, 15) is 24.0 Å². The first kappa shape index (κ1) is 38.4. The van der Waals surface area contributed by atoms with Crippen LogP contribution in [0.25, 0.3) is 10.9 Å². The largest absolute Gasteiger partial charge is 0.493 e. The highest BCUT2D eigenvalue weighted by atomic mass is 16.5. The number of piperidine rings is 1. The molecule has 0 saturated carbocycles. The maximum Gasteiger partial charge on any atom is 0.266 e. The maximum atomic E-state index is 13.2. The Bertz CT molecular complexity index is 1880. The lowest BCUT2D eigenvalue weighted by atomic mass is 10.0. The highest BCUT2D eigenvalue weighted by Gasteiger charge is 2.46. The summed E-state index contributed by atoms with van der Waals surface area (Å²) in [6, 6.07) is 7.30. The molecular weight excluding hydrogens is 694 g/mol. The van der Waals surface area contributed by atoms with Crippen LogP contribution >= 0.6 is 0 Å². The summed E-state index contributed by atoms with van der Waals surface area (Å²) in [5.41, 5.74) is 7.83. The molecule has 2 fully saturated rings. The van der Waals surface area contributed by atoms with Crippen molar-refractivity contribution in [1.82, 2.24) is 30.4 Å². The molecule has 2 aromatic carbocycles. The van der Waals surface area contributed by atoms with Crippen LogP contribution in [0.4, 0.5) is 5.95 Å². The van der Waals surface area contributed by atoms with E-state index in [4.69, 9.17) is 19.9 Å². The van der Waals surface area contributed by atoms with Crippen LogP contribution in [-0.2, 0) is 20.8 Å². The number of amides is 5. The number of nitrogens with two attached hydrogens (primary N) is 1. The summed E-state index contributed by atoms with van der Waals surface area (Å²) < 4.78 is 17.4. The first-order chi connectivity index (χ1) is 26.2. The molecule has 3 aliphatic rings. The minimum absolute atomic E-state index is 0.00810. The number of aromatic nitrogens is 2. The third-order valence-electron chi connectivity index (χ3n) is 10.1. The summed E-state index contributed by atoms with van der Waals surface area (Å²) in [7, 11) is 1.64. The van der Waals surface area contributed by atoms with Crippen LogP contribution in [0.1, 0.15) is 97.0 Å². The Morgan fingerprint density at radius 2 is 1.70 bits per heavy atom. The number of rotatable bonds is 19. The number of aryl methyl sites for hydroxylation is 1. The van der Waals surface area contributed by atoms with Crippen molar-refractivity contribution in [3.8, 4) is 17.2 Å². The van der Waals surface area contributed by atoms with Gasteiger partial charge in [-0.15, -0.1) is 0 Å². The molecule has 54 heavy (non-hydrogen) atoms. The van der Waals surface area contributed by atoms with Crippen molar-refractivity contribution in [2.45, 2.75) is 83.1 Å². The second-order valence-electron chi connectivity index (χ2n) is 13.9. The number of benzene rings is 2. The fraction of sp³-hybridized carbons (Fsp3) is 0.513. The van der Waals surface area contributed by atoms with Gasteiger partial charge in [0, 0.05) is 31.0 Å². The van der Waals surface area contributed by atoms with E-state index in [1.54, 1.807) is 13.2 Å². The Hall–Kier alpha value is -5.31. The van der Waals surface area contributed by atoms with Crippen LogP contribution in [0.3, 0.4) is 0 Å². The Morgan fingerprint density at radius 3 is 2.48 bits per heavy atom. The third-order valence-corrected chi connectivity index (χ3v) is 10.1. The fourth-order valence-corrected chi connectivity index (χ4v) is 7.31. The molecule has 6 rings (SSSR count). The zero-order valence-electron chi connectivity index (χ0n) is 30.8. The smallest absolute Gasteiger partial charge is 0.266 e. The lowest BCUT2D eigenvalue weighted by Crippen LogP contribution is -2.54. The zero-order valence-corrected chi connectivity index (χ0v) is 30.8. The van der Waals surface area contributed by atoms with Gasteiger partial charge < -0.3 is 30.2 Å². The summed E-state index contributed by atoms with van der Waals surface area (Å²) in [5.74, 6) is -1.16. The van der Waals surface area contributed by atoms with E-state index in [1.165, 1.54) is 38.1 Å². The Balaban J connectivity index is 0.881. The van der Waals surface area contributed by atoms with Crippen LogP contribution in [0.15, 0.2) is 30.3 Å². The number of unbranched alkanes of at least 4 members (excludes halogenated alkanes) is 5. The number of nitrogens with zero attached hydrogens (tertiary/aromatic N) is 4. The quantitative estimate of drug-likeness (QED) is 0.120. The van der Waals surface area contributed by atoms with Crippen molar-refractivity contribution in [2.24, 2.45) is 0 Å². The second kappa shape index (κ2) is 18.1. The summed E-state index contributed by atoms with van der Waals surface area (Å²) in [6.07, 6.45) is 10.1. The van der Waals surface area contributed by atoms with Gasteiger partial charge in [0.15, 0.2) is 18.1 Å². The number of hydrogen-bond acceptors (Lipinski definition) is 12. The second-order valence-corrected chi connectivity index (χ2v) is 13.9. The molecule has 5 amide bonds. The number of imide groups is 2. The molecule has 1 atom stereocenters. The lowest BCUT2D eigenvalue weighted by Gasteiger charge is -2.27. The van der Waals surface area contributed by atoms with Gasteiger partial charge in [0.05, 0.1) is 36.1 Å². The lowest BCUT2D eigenvalue weighted by molar-refractivity contribution is -0.136. The SMILES string of the molecule is COc1cc2c(CCCCCCCCNC(=O)COc3cccc4c3C(=O)N(C3CCC(=O)NC3=O)C4=O)nc(N)nc2cc1OCCCN1CCCC1. The number of methoxy groups -OCH3 is 1. The van der Waals surface area contributed by atoms with E-state index in [2.05, 4.69) is 25.5 Å². The van der Waals surface area contributed by atoms with E-state index in [0.29, 0.717) is 24.7 Å². The highest BCUT2D eigenvalue weighted by Crippen LogP contribution is 2.35. The van der Waals surface area contributed by atoms with E-state index in [0.717, 1.165) is 79.4 Å². The van der Waals surface area contributed by atoms with Gasteiger partial charge in [0.25, 0.3) is 17.7 Å². The number of carbonyl (C=O) groups excluding carboxylic acids is 5. The molecule has 0 bridgehead atoms. The van der Waals surface area contributed by atoms with Crippen molar-refractivity contribution in [3.05, 3.63) is 47.2 Å². The predicted octanol–water partition coefficient (Wildman–Crippen LogP) is 3.56. The molecule has 3 aliphatic heterocycles. The Kier molecular flexibility index (Phi) is 12.9. The topological polar surface area (TPSA) is 195 Å². The molecule has 15 nitrogen and oxygen atoms in total. The molecule has 4 heterocycles. The van der Waals surface area contributed by atoms with Gasteiger partial charge in [-0.25, -0.2) is 9.97 Å². The molecule has 0 aliphatic carbocycles. The fourth-order valence-electron chi connectivity index (χ4n) is 7.31. The van der Waals surface area contributed by atoms with Crippen molar-refractivity contribution in [2.75, 3.05) is 52.2 Å². The van der Waals surface area contributed by atoms with E-state index in [-0.39, 0.29) is 48.2 Å². The number of fused-ring (bicyclic) bond motifs is 2. The predicted molar refractivity (Wildman–Crippen MR) is 199 cm³/mol. The molecule has 0 spiro atoms. The molecule has 1 unspecified atom stereocenters. The summed E-state index contributed by atoms with van der Waals surface area (Å²) in [4.78, 5) is 75.0. The number of likely N-dealkylation sites (tertiary alicyclic amines) is 1. The van der Waals surface area contributed by atoms with Crippen LogP contribution in [0.2, 0.25) is 0 Å². The van der Waals surface area contributed by atoms with Gasteiger partial charge >= 0.3 is 0 Å². The van der Waals surface area contributed by atoms with Crippen LogP contribution < -0.4 is 30.6 Å². The van der Waals surface area contributed by atoms with Crippen LogP contribution in [0, 0.1) is 0 Å². The number of ether oxygens (including phenoxy) is 3. The standard InChI is InChI=1S/C39H49N7O8/c1-52-31-22-26-27(42-39(40)43-28(26)23-32(31)53-21-11-20-45-18-8-9-19-45)13-6-4-2-3-5-7-17-41-34(48)24-54-30-14-10-12-25-35(30)38(51)46(37(25)50)29-15-16-33(47)44-36(29)49/h10,12,14,22-23,29H,2-9,11,13,15-21,24H2,1H3,(H,41,48)(H2,40,42,43)(H,44,47,49). The summed E-state index contributed by atoms with van der Waals surface area (Å²) in [5, 5.41) is 5.93. The summed E-state index contributed by atoms with van der Waals surface area (Å²) in [6.45, 7) is 4.12. The summed E-state index contributed by atoms with van der Waals surface area (Å²) >= 11 is 0. The number of carbonyl (C=O) groups is 5. The number of anilines is 1. The van der Waals surface area contributed by atoms with Gasteiger partial charge in [-0.3, -0.25) is 34.2 Å². The minimum Gasteiger partial charge on any atom is -0.493 e. The Morgan fingerprint density at radius 1 is 0.926 bits per heavy atom.